The van der Waals surface area contributed by atoms with Crippen molar-refractivity contribution < 1.29 is 14.5 Å². The molecule has 4 aromatic rings. The van der Waals surface area contributed by atoms with Crippen molar-refractivity contribution in [2.24, 2.45) is 0 Å². The lowest BCUT2D eigenvalue weighted by atomic mass is 10.2. The highest BCUT2D eigenvalue weighted by Gasteiger charge is 2.19. The van der Waals surface area contributed by atoms with Crippen LogP contribution in [0, 0.1) is 10.1 Å². The van der Waals surface area contributed by atoms with Crippen LogP contribution in [0.5, 0.6) is 5.75 Å². The molecule has 154 valence electrons. The SMILES string of the molecule is COc1ccc(-n2nc(C(=O)Nc3cccc([N+](=O)[O-])c3)nc2-c2ccccc2)cc1. The van der Waals surface area contributed by atoms with Crippen LogP contribution in [0.4, 0.5) is 11.4 Å². The number of aromatic nitrogens is 3. The second kappa shape index (κ2) is 8.46. The summed E-state index contributed by atoms with van der Waals surface area (Å²) in [4.78, 5) is 27.7. The first-order valence-electron chi connectivity index (χ1n) is 9.28. The van der Waals surface area contributed by atoms with Gasteiger partial charge in [-0.05, 0) is 30.3 Å². The van der Waals surface area contributed by atoms with Gasteiger partial charge in [0.25, 0.3) is 11.6 Å². The van der Waals surface area contributed by atoms with Crippen LogP contribution in [0.2, 0.25) is 0 Å². The van der Waals surface area contributed by atoms with Gasteiger partial charge >= 0.3 is 0 Å². The molecule has 31 heavy (non-hydrogen) atoms. The number of benzene rings is 3. The van der Waals surface area contributed by atoms with Gasteiger partial charge in [-0.2, -0.15) is 0 Å². The summed E-state index contributed by atoms with van der Waals surface area (Å²) < 4.78 is 6.77. The van der Waals surface area contributed by atoms with Gasteiger partial charge in [-0.15, -0.1) is 5.10 Å². The van der Waals surface area contributed by atoms with Crippen molar-refractivity contribution in [1.82, 2.24) is 14.8 Å². The first-order chi connectivity index (χ1) is 15.0. The third kappa shape index (κ3) is 4.25. The minimum atomic E-state index is -0.579. The van der Waals surface area contributed by atoms with Gasteiger partial charge in [0.15, 0.2) is 5.82 Å². The molecule has 1 N–H and O–H groups in total. The lowest BCUT2D eigenvalue weighted by Crippen LogP contribution is -2.14. The maximum atomic E-state index is 12.8. The summed E-state index contributed by atoms with van der Waals surface area (Å²) in [5, 5.41) is 18.0. The number of ether oxygens (including phenoxy) is 1. The van der Waals surface area contributed by atoms with E-state index in [0.717, 1.165) is 5.56 Å². The molecule has 0 unspecified atom stereocenters. The number of methoxy groups -OCH3 is 1. The van der Waals surface area contributed by atoms with Crippen LogP contribution in [0.25, 0.3) is 17.1 Å². The average molecular weight is 415 g/mol. The maximum Gasteiger partial charge on any atom is 0.295 e. The highest BCUT2D eigenvalue weighted by Crippen LogP contribution is 2.23. The Hall–Kier alpha value is -4.53. The van der Waals surface area contributed by atoms with E-state index in [1.54, 1.807) is 30.0 Å². The number of carbonyl (C=O) groups is 1. The lowest BCUT2D eigenvalue weighted by Gasteiger charge is -2.07. The third-order valence-electron chi connectivity index (χ3n) is 4.47. The molecule has 0 saturated heterocycles. The number of nitrogens with zero attached hydrogens (tertiary/aromatic N) is 4. The van der Waals surface area contributed by atoms with Gasteiger partial charge in [-0.25, -0.2) is 9.67 Å². The Morgan fingerprint density at radius 3 is 2.45 bits per heavy atom. The molecule has 0 aliphatic rings. The molecule has 1 amide bonds. The Morgan fingerprint density at radius 2 is 1.77 bits per heavy atom. The van der Waals surface area contributed by atoms with Crippen LogP contribution in [0.3, 0.4) is 0 Å². The van der Waals surface area contributed by atoms with Gasteiger partial charge < -0.3 is 10.1 Å². The van der Waals surface area contributed by atoms with Gasteiger partial charge in [-0.1, -0.05) is 36.4 Å². The Balaban J connectivity index is 1.71. The van der Waals surface area contributed by atoms with Crippen molar-refractivity contribution in [3.8, 4) is 22.8 Å². The monoisotopic (exact) mass is 415 g/mol. The number of carbonyl (C=O) groups excluding carboxylic acids is 1. The number of hydrogen-bond donors (Lipinski definition) is 1. The summed E-state index contributed by atoms with van der Waals surface area (Å²) in [6, 6.07) is 22.2. The molecule has 0 spiro atoms. The van der Waals surface area contributed by atoms with Crippen molar-refractivity contribution in [2.75, 3.05) is 12.4 Å². The molecule has 0 saturated carbocycles. The Kier molecular flexibility index (Phi) is 5.39. The molecule has 1 heterocycles. The molecule has 9 heteroatoms. The van der Waals surface area contributed by atoms with E-state index >= 15 is 0 Å². The molecular weight excluding hydrogens is 398 g/mol. The zero-order valence-corrected chi connectivity index (χ0v) is 16.4. The summed E-state index contributed by atoms with van der Waals surface area (Å²) in [6.45, 7) is 0. The molecule has 3 aromatic carbocycles. The van der Waals surface area contributed by atoms with Gasteiger partial charge in [-0.3, -0.25) is 14.9 Å². The van der Waals surface area contributed by atoms with Crippen molar-refractivity contribution in [3.05, 3.63) is 94.8 Å². The fourth-order valence-corrected chi connectivity index (χ4v) is 2.97. The van der Waals surface area contributed by atoms with Crippen LogP contribution in [0.1, 0.15) is 10.6 Å². The molecule has 0 radical (unpaired) electrons. The number of anilines is 1. The molecule has 0 aliphatic carbocycles. The van der Waals surface area contributed by atoms with Crippen LogP contribution in [-0.2, 0) is 0 Å². The highest BCUT2D eigenvalue weighted by atomic mass is 16.6. The van der Waals surface area contributed by atoms with Gasteiger partial charge in [0, 0.05) is 23.4 Å². The highest BCUT2D eigenvalue weighted by molar-refractivity contribution is 6.02. The van der Waals surface area contributed by atoms with Crippen molar-refractivity contribution in [1.29, 1.82) is 0 Å². The molecule has 0 bridgehead atoms. The van der Waals surface area contributed by atoms with Crippen molar-refractivity contribution >= 4 is 17.3 Å². The van der Waals surface area contributed by atoms with E-state index < -0.39 is 10.8 Å². The van der Waals surface area contributed by atoms with E-state index in [2.05, 4.69) is 15.4 Å². The number of nitrogens with one attached hydrogen (secondary N) is 1. The Bertz CT molecular complexity index is 1240. The van der Waals surface area contributed by atoms with E-state index in [9.17, 15) is 14.9 Å². The summed E-state index contributed by atoms with van der Waals surface area (Å²) in [5.41, 5.74) is 1.63. The first kappa shape index (κ1) is 19.8. The van der Waals surface area contributed by atoms with Crippen LogP contribution in [0.15, 0.2) is 78.9 Å². The predicted molar refractivity (Wildman–Crippen MR) is 114 cm³/mol. The van der Waals surface area contributed by atoms with Crippen LogP contribution < -0.4 is 10.1 Å². The van der Waals surface area contributed by atoms with E-state index in [0.29, 0.717) is 17.3 Å². The number of amides is 1. The molecular formula is C22H17N5O4. The fourth-order valence-electron chi connectivity index (χ4n) is 2.97. The first-order valence-corrected chi connectivity index (χ1v) is 9.28. The van der Waals surface area contributed by atoms with Crippen molar-refractivity contribution in [3.63, 3.8) is 0 Å². The summed E-state index contributed by atoms with van der Waals surface area (Å²) in [5.74, 6) is 0.523. The Labute approximate surface area is 177 Å². The zero-order valence-electron chi connectivity index (χ0n) is 16.4. The summed E-state index contributed by atoms with van der Waals surface area (Å²) in [6.07, 6.45) is 0. The third-order valence-corrected chi connectivity index (χ3v) is 4.47. The second-order valence-corrected chi connectivity index (χ2v) is 6.50. The number of rotatable bonds is 6. The van der Waals surface area contributed by atoms with E-state index in [-0.39, 0.29) is 17.2 Å². The standard InChI is InChI=1S/C22H17N5O4/c1-31-19-12-10-17(11-13-19)26-21(15-6-3-2-4-7-15)24-20(25-26)22(28)23-16-8-5-9-18(14-16)27(29)30/h2-14H,1H3,(H,23,28). The smallest absolute Gasteiger partial charge is 0.295 e. The summed E-state index contributed by atoms with van der Waals surface area (Å²) >= 11 is 0. The lowest BCUT2D eigenvalue weighted by molar-refractivity contribution is -0.384. The number of nitro benzene ring substituents is 1. The van der Waals surface area contributed by atoms with Crippen molar-refractivity contribution in [2.45, 2.75) is 0 Å². The quantitative estimate of drug-likeness (QED) is 0.375. The summed E-state index contributed by atoms with van der Waals surface area (Å²) in [7, 11) is 1.58. The van der Waals surface area contributed by atoms with Gasteiger partial charge in [0.1, 0.15) is 5.75 Å². The molecule has 9 nitrogen and oxygen atoms in total. The van der Waals surface area contributed by atoms with E-state index in [1.807, 2.05) is 42.5 Å². The number of nitro groups is 1. The molecule has 4 rings (SSSR count). The predicted octanol–water partition coefficient (Wildman–Crippen LogP) is 4.10. The maximum absolute atomic E-state index is 12.8. The number of hydrogen-bond acceptors (Lipinski definition) is 6. The van der Waals surface area contributed by atoms with E-state index in [4.69, 9.17) is 4.74 Å². The molecule has 0 aliphatic heterocycles. The molecule has 0 fully saturated rings. The van der Waals surface area contributed by atoms with E-state index in [1.165, 1.54) is 18.2 Å². The zero-order chi connectivity index (χ0) is 21.8. The average Bonchev–Trinajstić information content (AvgIpc) is 3.25. The van der Waals surface area contributed by atoms with Gasteiger partial charge in [0.2, 0.25) is 5.82 Å². The van der Waals surface area contributed by atoms with Crippen LogP contribution in [-0.4, -0.2) is 32.7 Å². The molecule has 1 aromatic heterocycles. The largest absolute Gasteiger partial charge is 0.497 e. The fraction of sp³-hybridized carbons (Fsp3) is 0.0455. The van der Waals surface area contributed by atoms with Crippen LogP contribution >= 0.6 is 0 Å². The normalized spacial score (nSPS) is 10.5. The molecule has 0 atom stereocenters. The minimum Gasteiger partial charge on any atom is -0.497 e. The number of non-ortho nitro benzene ring substituents is 1. The second-order valence-electron chi connectivity index (χ2n) is 6.50. The minimum absolute atomic E-state index is 0.0684. The Morgan fingerprint density at radius 1 is 1.03 bits per heavy atom. The topological polar surface area (TPSA) is 112 Å². The van der Waals surface area contributed by atoms with Gasteiger partial charge in [0.05, 0.1) is 17.7 Å².